The van der Waals surface area contributed by atoms with Gasteiger partial charge in [0, 0.05) is 36.5 Å². The van der Waals surface area contributed by atoms with E-state index in [0.29, 0.717) is 0 Å². The third kappa shape index (κ3) is 3.10. The van der Waals surface area contributed by atoms with Crippen LogP contribution < -0.4 is 10.5 Å². The maximum atomic E-state index is 6.35. The highest BCUT2D eigenvalue weighted by Crippen LogP contribution is 2.39. The number of piperidine rings is 1. The van der Waals surface area contributed by atoms with Gasteiger partial charge in [-0.15, -0.1) is 0 Å². The van der Waals surface area contributed by atoms with Crippen LogP contribution in [0.25, 0.3) is 6.08 Å². The van der Waals surface area contributed by atoms with Gasteiger partial charge in [-0.25, -0.2) is 0 Å². The average Bonchev–Trinajstić information content (AvgIpc) is 2.49. The Kier molecular flexibility index (Phi) is 4.25. The van der Waals surface area contributed by atoms with Crippen molar-refractivity contribution in [2.24, 2.45) is 5.73 Å². The molecule has 1 fully saturated rings. The summed E-state index contributed by atoms with van der Waals surface area (Å²) in [6.45, 7) is 6.04. The van der Waals surface area contributed by atoms with Crippen LogP contribution in [0.5, 0.6) is 5.75 Å². The Hall–Kier alpha value is -1.03. The first-order chi connectivity index (χ1) is 10.1. The molecule has 2 heterocycles. The summed E-state index contributed by atoms with van der Waals surface area (Å²) in [6.07, 6.45) is 7.54. The van der Waals surface area contributed by atoms with Crippen molar-refractivity contribution in [1.82, 2.24) is 4.90 Å². The summed E-state index contributed by atoms with van der Waals surface area (Å²) in [5.41, 5.74) is 7.61. The third-order valence-electron chi connectivity index (χ3n) is 4.55. The Morgan fingerprint density at radius 3 is 2.81 bits per heavy atom. The molecule has 0 saturated carbocycles. The van der Waals surface area contributed by atoms with E-state index in [1.807, 2.05) is 13.0 Å². The molecule has 1 saturated heterocycles. The van der Waals surface area contributed by atoms with Crippen LogP contribution in [0.4, 0.5) is 0 Å². The van der Waals surface area contributed by atoms with E-state index in [1.54, 1.807) is 0 Å². The van der Waals surface area contributed by atoms with Crippen LogP contribution in [-0.2, 0) is 0 Å². The molecule has 114 valence electrons. The van der Waals surface area contributed by atoms with Gasteiger partial charge in [0.25, 0.3) is 0 Å². The minimum Gasteiger partial charge on any atom is -0.482 e. The quantitative estimate of drug-likeness (QED) is 0.931. The Labute approximate surface area is 131 Å². The van der Waals surface area contributed by atoms with Crippen LogP contribution >= 0.6 is 11.6 Å². The van der Waals surface area contributed by atoms with E-state index in [1.165, 1.54) is 0 Å². The van der Waals surface area contributed by atoms with Crippen molar-refractivity contribution in [2.45, 2.75) is 31.8 Å². The Morgan fingerprint density at radius 1 is 1.33 bits per heavy atom. The van der Waals surface area contributed by atoms with Gasteiger partial charge in [0.15, 0.2) is 0 Å². The van der Waals surface area contributed by atoms with Crippen molar-refractivity contribution in [3.05, 3.63) is 34.4 Å². The summed E-state index contributed by atoms with van der Waals surface area (Å²) in [6, 6.07) is 4.05. The summed E-state index contributed by atoms with van der Waals surface area (Å²) in [7, 11) is 0. The number of halogens is 1. The number of hydrogen-bond acceptors (Lipinski definition) is 3. The fourth-order valence-electron chi connectivity index (χ4n) is 3.12. The number of rotatable bonds is 3. The molecular formula is C17H23ClN2O. The fourth-order valence-corrected chi connectivity index (χ4v) is 3.29. The first-order valence-corrected chi connectivity index (χ1v) is 8.10. The molecule has 1 spiro atoms. The molecule has 2 aliphatic heterocycles. The van der Waals surface area contributed by atoms with Gasteiger partial charge in [-0.1, -0.05) is 17.7 Å². The number of hydrogen-bond donors (Lipinski definition) is 1. The predicted molar refractivity (Wildman–Crippen MR) is 87.9 cm³/mol. The van der Waals surface area contributed by atoms with E-state index in [0.717, 1.165) is 67.3 Å². The Balaban J connectivity index is 1.71. The summed E-state index contributed by atoms with van der Waals surface area (Å²) in [4.78, 5) is 2.48. The average molecular weight is 307 g/mol. The van der Waals surface area contributed by atoms with E-state index < -0.39 is 0 Å². The van der Waals surface area contributed by atoms with Crippen molar-refractivity contribution in [1.29, 1.82) is 0 Å². The second-order valence-corrected chi connectivity index (χ2v) is 6.53. The lowest BCUT2D eigenvalue weighted by Gasteiger charge is -2.42. The zero-order valence-electron chi connectivity index (χ0n) is 12.6. The van der Waals surface area contributed by atoms with E-state index in [-0.39, 0.29) is 5.60 Å². The van der Waals surface area contributed by atoms with Crippen LogP contribution in [0.15, 0.2) is 18.2 Å². The van der Waals surface area contributed by atoms with Gasteiger partial charge >= 0.3 is 0 Å². The zero-order valence-corrected chi connectivity index (χ0v) is 13.3. The molecule has 0 radical (unpaired) electrons. The van der Waals surface area contributed by atoms with E-state index in [2.05, 4.69) is 23.1 Å². The fraction of sp³-hybridized carbons (Fsp3) is 0.529. The molecule has 4 heteroatoms. The van der Waals surface area contributed by atoms with Crippen LogP contribution in [0.1, 0.15) is 30.4 Å². The van der Waals surface area contributed by atoms with Crippen molar-refractivity contribution in [3.8, 4) is 5.75 Å². The van der Waals surface area contributed by atoms with Gasteiger partial charge in [-0.3, -0.25) is 0 Å². The lowest BCUT2D eigenvalue weighted by Crippen LogP contribution is -2.48. The minimum absolute atomic E-state index is 0.132. The largest absolute Gasteiger partial charge is 0.482 e. The first-order valence-electron chi connectivity index (χ1n) is 7.73. The molecular weight excluding hydrogens is 284 g/mol. The predicted octanol–water partition coefficient (Wildman–Crippen LogP) is 3.24. The molecule has 0 bridgehead atoms. The topological polar surface area (TPSA) is 38.5 Å². The summed E-state index contributed by atoms with van der Waals surface area (Å²) in [5, 5.41) is 0.801. The number of fused-ring (bicyclic) bond motifs is 1. The van der Waals surface area contributed by atoms with Crippen LogP contribution in [0.3, 0.4) is 0 Å². The van der Waals surface area contributed by atoms with Crippen LogP contribution in [0, 0.1) is 6.92 Å². The first kappa shape index (κ1) is 14.9. The Morgan fingerprint density at radius 2 is 2.10 bits per heavy atom. The zero-order chi connectivity index (χ0) is 14.9. The van der Waals surface area contributed by atoms with Gasteiger partial charge in [0.1, 0.15) is 11.4 Å². The highest BCUT2D eigenvalue weighted by Gasteiger charge is 2.36. The van der Waals surface area contributed by atoms with Crippen LogP contribution in [-0.4, -0.2) is 36.7 Å². The number of ether oxygens (including phenoxy) is 1. The van der Waals surface area contributed by atoms with E-state index >= 15 is 0 Å². The smallest absolute Gasteiger partial charge is 0.130 e. The molecule has 1 aromatic rings. The number of aryl methyl sites for hydroxylation is 1. The number of likely N-dealkylation sites (tertiary alicyclic amines) is 1. The molecule has 0 aliphatic carbocycles. The molecule has 0 unspecified atom stereocenters. The van der Waals surface area contributed by atoms with Gasteiger partial charge in [-0.05, 0) is 50.2 Å². The highest BCUT2D eigenvalue weighted by molar-refractivity contribution is 6.31. The molecule has 0 aromatic heterocycles. The molecule has 3 nitrogen and oxygen atoms in total. The van der Waals surface area contributed by atoms with Crippen LogP contribution in [0.2, 0.25) is 5.02 Å². The van der Waals surface area contributed by atoms with E-state index in [4.69, 9.17) is 22.1 Å². The van der Waals surface area contributed by atoms with Crippen molar-refractivity contribution in [3.63, 3.8) is 0 Å². The molecule has 2 N–H and O–H groups in total. The van der Waals surface area contributed by atoms with Gasteiger partial charge in [0.2, 0.25) is 0 Å². The lowest BCUT2D eigenvalue weighted by molar-refractivity contribution is 0.0386. The number of benzene rings is 1. The minimum atomic E-state index is -0.132. The monoisotopic (exact) mass is 306 g/mol. The van der Waals surface area contributed by atoms with Gasteiger partial charge < -0.3 is 15.4 Å². The maximum Gasteiger partial charge on any atom is 0.130 e. The lowest BCUT2D eigenvalue weighted by atomic mass is 9.88. The van der Waals surface area contributed by atoms with E-state index in [9.17, 15) is 0 Å². The van der Waals surface area contributed by atoms with Gasteiger partial charge in [0.05, 0.1) is 0 Å². The number of nitrogens with two attached hydrogens (primary N) is 1. The molecule has 1 aromatic carbocycles. The van der Waals surface area contributed by atoms with Crippen molar-refractivity contribution < 1.29 is 4.74 Å². The SMILES string of the molecule is Cc1cc2c(cc1Cl)C=CC1(CCN(CCCN)CC1)O2. The molecule has 21 heavy (non-hydrogen) atoms. The summed E-state index contributed by atoms with van der Waals surface area (Å²) >= 11 is 6.18. The van der Waals surface area contributed by atoms with Gasteiger partial charge in [-0.2, -0.15) is 0 Å². The normalized spacial score (nSPS) is 20.3. The highest BCUT2D eigenvalue weighted by atomic mass is 35.5. The van der Waals surface area contributed by atoms with Crippen molar-refractivity contribution in [2.75, 3.05) is 26.2 Å². The third-order valence-corrected chi connectivity index (χ3v) is 4.96. The second-order valence-electron chi connectivity index (χ2n) is 6.12. The summed E-state index contributed by atoms with van der Waals surface area (Å²) in [5.74, 6) is 0.967. The standard InChI is InChI=1S/C17H23ClN2O/c1-13-11-16-14(12-15(13)18)3-4-17(21-16)5-9-20(10-6-17)8-2-7-19/h3-4,11-12H,2,5-10,19H2,1H3. The molecule has 3 rings (SSSR count). The number of nitrogens with zero attached hydrogens (tertiary/aromatic N) is 1. The van der Waals surface area contributed by atoms with Crippen molar-refractivity contribution >= 4 is 17.7 Å². The Bertz CT molecular complexity index is 548. The summed E-state index contributed by atoms with van der Waals surface area (Å²) < 4.78 is 6.35. The molecule has 0 atom stereocenters. The molecule has 2 aliphatic rings. The second kappa shape index (κ2) is 5.99. The maximum absolute atomic E-state index is 6.35. The molecule has 0 amide bonds.